The number of fused-ring (bicyclic) bond motifs is 1. The summed E-state index contributed by atoms with van der Waals surface area (Å²) in [5, 5.41) is 7.03. The van der Waals surface area contributed by atoms with E-state index in [0.717, 1.165) is 32.4 Å². The Hall–Kier alpha value is -0.910. The van der Waals surface area contributed by atoms with Gasteiger partial charge in [-0.15, -0.1) is 0 Å². The van der Waals surface area contributed by atoms with Crippen LogP contribution in [0.5, 0.6) is 0 Å². The number of carbonyl (C=O) groups is 1. The van der Waals surface area contributed by atoms with Gasteiger partial charge in [-0.1, -0.05) is 0 Å². The smallest absolute Gasteiger partial charge is 0.248 e. The molecule has 1 N–H and O–H groups in total. The van der Waals surface area contributed by atoms with Crippen LogP contribution < -0.4 is 5.32 Å². The van der Waals surface area contributed by atoms with Gasteiger partial charge in [0.15, 0.2) is 0 Å². The number of ether oxygens (including phenoxy) is 1. The number of hydrogen-bond acceptors (Lipinski definition) is 4. The van der Waals surface area contributed by atoms with Crippen LogP contribution in [0.4, 0.5) is 0 Å². The van der Waals surface area contributed by atoms with Crippen molar-refractivity contribution < 1.29 is 9.53 Å². The predicted molar refractivity (Wildman–Crippen MR) is 75.1 cm³/mol. The van der Waals surface area contributed by atoms with Gasteiger partial charge in [-0.25, -0.2) is 0 Å². The number of rotatable bonds is 3. The molecule has 104 valence electrons. The summed E-state index contributed by atoms with van der Waals surface area (Å²) >= 11 is 1.75. The van der Waals surface area contributed by atoms with Crippen molar-refractivity contribution in [3.8, 4) is 0 Å². The average Bonchev–Trinajstić information content (AvgIpc) is 3.08. The van der Waals surface area contributed by atoms with E-state index < -0.39 is 0 Å². The molecule has 1 amide bonds. The zero-order chi connectivity index (χ0) is 13.2. The minimum atomic E-state index is -0.243. The van der Waals surface area contributed by atoms with E-state index in [1.54, 1.807) is 18.4 Å². The zero-order valence-corrected chi connectivity index (χ0v) is 12.0. The number of likely N-dealkylation sites (N-methyl/N-ethyl adjacent to an activating group) is 1. The summed E-state index contributed by atoms with van der Waals surface area (Å²) in [5.41, 5.74) is 1.39. The molecule has 0 radical (unpaired) electrons. The molecule has 5 heteroatoms. The highest BCUT2D eigenvalue weighted by Crippen LogP contribution is 2.32. The quantitative estimate of drug-likeness (QED) is 0.915. The number of thiophene rings is 1. The highest BCUT2D eigenvalue weighted by molar-refractivity contribution is 7.07. The SMILES string of the molecule is CNC(=O)[C@H]1CC[C@@H]2[C@@H](CCN2Cc2ccsc2)O1. The van der Waals surface area contributed by atoms with Gasteiger partial charge in [0, 0.05) is 26.2 Å². The number of amides is 1. The van der Waals surface area contributed by atoms with Crippen LogP contribution >= 0.6 is 11.3 Å². The number of nitrogens with zero attached hydrogens (tertiary/aromatic N) is 1. The average molecular weight is 280 g/mol. The summed E-state index contributed by atoms with van der Waals surface area (Å²) in [7, 11) is 1.68. The first-order valence-corrected chi connectivity index (χ1v) is 7.84. The van der Waals surface area contributed by atoms with Gasteiger partial charge in [0.2, 0.25) is 5.91 Å². The summed E-state index contributed by atoms with van der Waals surface area (Å²) in [6.45, 7) is 2.09. The molecular weight excluding hydrogens is 260 g/mol. The van der Waals surface area contributed by atoms with Crippen LogP contribution in [0.1, 0.15) is 24.8 Å². The number of likely N-dealkylation sites (tertiary alicyclic amines) is 1. The maximum absolute atomic E-state index is 11.6. The van der Waals surface area contributed by atoms with Crippen molar-refractivity contribution in [3.05, 3.63) is 22.4 Å². The van der Waals surface area contributed by atoms with Crippen molar-refractivity contribution in [1.82, 2.24) is 10.2 Å². The van der Waals surface area contributed by atoms with Crippen LogP contribution in [0, 0.1) is 0 Å². The third-order valence-electron chi connectivity index (χ3n) is 4.17. The van der Waals surface area contributed by atoms with E-state index in [4.69, 9.17) is 4.74 Å². The van der Waals surface area contributed by atoms with Gasteiger partial charge in [0.05, 0.1) is 6.10 Å². The largest absolute Gasteiger partial charge is 0.363 e. The summed E-state index contributed by atoms with van der Waals surface area (Å²) in [5.74, 6) is 0.0229. The minimum absolute atomic E-state index is 0.0229. The Morgan fingerprint density at radius 3 is 3.16 bits per heavy atom. The number of hydrogen-bond donors (Lipinski definition) is 1. The van der Waals surface area contributed by atoms with E-state index in [2.05, 4.69) is 27.0 Å². The van der Waals surface area contributed by atoms with Gasteiger partial charge >= 0.3 is 0 Å². The van der Waals surface area contributed by atoms with Gasteiger partial charge in [-0.3, -0.25) is 9.69 Å². The van der Waals surface area contributed by atoms with E-state index in [-0.39, 0.29) is 18.1 Å². The molecule has 2 aliphatic heterocycles. The predicted octanol–water partition coefficient (Wildman–Crippen LogP) is 1.62. The first-order chi connectivity index (χ1) is 9.28. The van der Waals surface area contributed by atoms with Crippen molar-refractivity contribution in [2.45, 2.75) is 44.1 Å². The lowest BCUT2D eigenvalue weighted by atomic mass is 9.98. The third-order valence-corrected chi connectivity index (χ3v) is 4.90. The number of carbonyl (C=O) groups excluding carboxylic acids is 1. The van der Waals surface area contributed by atoms with Gasteiger partial charge in [-0.2, -0.15) is 11.3 Å². The molecule has 0 saturated carbocycles. The molecule has 3 atom stereocenters. The molecule has 0 bridgehead atoms. The summed E-state index contributed by atoms with van der Waals surface area (Å²) in [6.07, 6.45) is 2.93. The fraction of sp³-hybridized carbons (Fsp3) is 0.643. The van der Waals surface area contributed by atoms with Crippen LogP contribution in [0.2, 0.25) is 0 Å². The maximum atomic E-state index is 11.6. The molecule has 1 aromatic rings. The molecule has 0 unspecified atom stereocenters. The minimum Gasteiger partial charge on any atom is -0.363 e. The van der Waals surface area contributed by atoms with E-state index in [9.17, 15) is 4.79 Å². The number of nitrogens with one attached hydrogen (secondary N) is 1. The van der Waals surface area contributed by atoms with Crippen LogP contribution in [-0.2, 0) is 16.1 Å². The Morgan fingerprint density at radius 1 is 1.53 bits per heavy atom. The second-order valence-corrected chi connectivity index (χ2v) is 6.09. The lowest BCUT2D eigenvalue weighted by Crippen LogP contribution is -2.47. The molecule has 2 fully saturated rings. The van der Waals surface area contributed by atoms with Crippen LogP contribution in [0.15, 0.2) is 16.8 Å². The molecule has 4 nitrogen and oxygen atoms in total. The van der Waals surface area contributed by atoms with E-state index >= 15 is 0 Å². The Kier molecular flexibility index (Phi) is 3.86. The normalized spacial score (nSPS) is 31.1. The summed E-state index contributed by atoms with van der Waals surface area (Å²) in [6, 6.07) is 2.68. The monoisotopic (exact) mass is 280 g/mol. The molecule has 3 heterocycles. The van der Waals surface area contributed by atoms with E-state index in [0.29, 0.717) is 6.04 Å². The summed E-state index contributed by atoms with van der Waals surface area (Å²) < 4.78 is 5.96. The first-order valence-electron chi connectivity index (χ1n) is 6.90. The van der Waals surface area contributed by atoms with Crippen molar-refractivity contribution >= 4 is 17.2 Å². The molecule has 3 rings (SSSR count). The van der Waals surface area contributed by atoms with Gasteiger partial charge in [0.25, 0.3) is 0 Å². The Bertz CT molecular complexity index is 435. The second kappa shape index (κ2) is 5.61. The standard InChI is InChI=1S/C14H20N2O2S/c1-15-14(17)13-3-2-11-12(18-13)4-6-16(11)8-10-5-7-19-9-10/h5,7,9,11-13H,2-4,6,8H2,1H3,(H,15,17)/t11-,12-,13-/m1/s1. The molecule has 1 aromatic heterocycles. The Labute approximate surface area is 117 Å². The summed E-state index contributed by atoms with van der Waals surface area (Å²) in [4.78, 5) is 14.2. The lowest BCUT2D eigenvalue weighted by Gasteiger charge is -2.35. The van der Waals surface area contributed by atoms with Crippen molar-refractivity contribution in [2.24, 2.45) is 0 Å². The van der Waals surface area contributed by atoms with E-state index in [1.165, 1.54) is 5.56 Å². The third kappa shape index (κ3) is 2.68. The molecular formula is C14H20N2O2S. The zero-order valence-electron chi connectivity index (χ0n) is 11.2. The van der Waals surface area contributed by atoms with E-state index in [1.807, 2.05) is 0 Å². The topological polar surface area (TPSA) is 41.6 Å². The van der Waals surface area contributed by atoms with Crippen molar-refractivity contribution in [3.63, 3.8) is 0 Å². The van der Waals surface area contributed by atoms with Crippen LogP contribution in [-0.4, -0.2) is 42.6 Å². The fourth-order valence-electron chi connectivity index (χ4n) is 3.18. The highest BCUT2D eigenvalue weighted by atomic mass is 32.1. The lowest BCUT2D eigenvalue weighted by molar-refractivity contribution is -0.143. The Morgan fingerprint density at radius 2 is 2.42 bits per heavy atom. The van der Waals surface area contributed by atoms with Crippen molar-refractivity contribution in [2.75, 3.05) is 13.6 Å². The van der Waals surface area contributed by atoms with Crippen LogP contribution in [0.3, 0.4) is 0 Å². The Balaban J connectivity index is 1.60. The van der Waals surface area contributed by atoms with Crippen LogP contribution in [0.25, 0.3) is 0 Å². The molecule has 2 saturated heterocycles. The van der Waals surface area contributed by atoms with Gasteiger partial charge < -0.3 is 10.1 Å². The first kappa shape index (κ1) is 13.1. The molecule has 0 aromatic carbocycles. The second-order valence-electron chi connectivity index (χ2n) is 5.31. The van der Waals surface area contributed by atoms with Gasteiger partial charge in [-0.05, 0) is 41.7 Å². The van der Waals surface area contributed by atoms with Gasteiger partial charge in [0.1, 0.15) is 6.10 Å². The fourth-order valence-corrected chi connectivity index (χ4v) is 3.84. The molecule has 0 aliphatic carbocycles. The molecule has 2 aliphatic rings. The molecule has 19 heavy (non-hydrogen) atoms. The maximum Gasteiger partial charge on any atom is 0.248 e. The van der Waals surface area contributed by atoms with Crippen molar-refractivity contribution in [1.29, 1.82) is 0 Å². The molecule has 0 spiro atoms. The highest BCUT2D eigenvalue weighted by Gasteiger charge is 2.41.